The molecule has 3 aromatic heterocycles. The van der Waals surface area contributed by atoms with Crippen molar-refractivity contribution in [3.8, 4) is 33.6 Å². The monoisotopic (exact) mass is 817 g/mol. The first-order valence-electron chi connectivity index (χ1n) is 15.3. The summed E-state index contributed by atoms with van der Waals surface area (Å²) in [5.41, 5.74) is 7.73. The molecular formula is C40H34F2IrN2OSi-2. The average molecular weight is 817 g/mol. The molecule has 0 N–H and O–H groups in total. The molecule has 3 heterocycles. The van der Waals surface area contributed by atoms with Crippen LogP contribution in [0.1, 0.15) is 25.3 Å². The van der Waals surface area contributed by atoms with Crippen LogP contribution >= 0.6 is 0 Å². The maximum Gasteiger partial charge on any atom is 0.136 e. The first kappa shape index (κ1) is 34.1. The molecule has 47 heavy (non-hydrogen) atoms. The molecule has 3 nitrogen and oxygen atoms in total. The molecule has 0 aliphatic rings. The molecule has 7 aromatic rings. The van der Waals surface area contributed by atoms with Gasteiger partial charge in [-0.15, -0.1) is 54.1 Å². The van der Waals surface area contributed by atoms with Gasteiger partial charge < -0.3 is 14.4 Å². The largest absolute Gasteiger partial charge is 0.500 e. The van der Waals surface area contributed by atoms with Crippen molar-refractivity contribution < 1.29 is 33.3 Å². The zero-order valence-electron chi connectivity index (χ0n) is 26.9. The van der Waals surface area contributed by atoms with Crippen LogP contribution in [0.25, 0.3) is 55.6 Å². The molecule has 0 saturated carbocycles. The van der Waals surface area contributed by atoms with Crippen LogP contribution in [-0.2, 0) is 20.1 Å². The summed E-state index contributed by atoms with van der Waals surface area (Å²) in [6, 6.07) is 36.6. The fraction of sp³-hybridized carbons (Fsp3) is 0.150. The van der Waals surface area contributed by atoms with Crippen molar-refractivity contribution in [2.75, 3.05) is 0 Å². The smallest absolute Gasteiger partial charge is 0.136 e. The molecule has 0 aliphatic heterocycles. The van der Waals surface area contributed by atoms with Crippen LogP contribution in [0.5, 0.6) is 0 Å². The minimum absolute atomic E-state index is 0. The molecule has 0 bridgehead atoms. The van der Waals surface area contributed by atoms with E-state index in [1.165, 1.54) is 22.4 Å². The molecule has 1 radical (unpaired) electrons. The van der Waals surface area contributed by atoms with E-state index in [1.807, 2.05) is 30.3 Å². The maximum atomic E-state index is 14.2. The molecule has 0 aliphatic carbocycles. The zero-order valence-corrected chi connectivity index (χ0v) is 30.3. The van der Waals surface area contributed by atoms with E-state index in [-0.39, 0.29) is 31.1 Å². The predicted octanol–water partition coefficient (Wildman–Crippen LogP) is 10.6. The first-order valence-corrected chi connectivity index (χ1v) is 18.8. The third-order valence-corrected chi connectivity index (χ3v) is 9.95. The van der Waals surface area contributed by atoms with Crippen LogP contribution in [0, 0.1) is 23.8 Å². The number of halogens is 2. The Morgan fingerprint density at radius 1 is 0.787 bits per heavy atom. The Balaban J connectivity index is 0.000000181. The third kappa shape index (κ3) is 7.33. The van der Waals surface area contributed by atoms with Gasteiger partial charge in [0.15, 0.2) is 0 Å². The summed E-state index contributed by atoms with van der Waals surface area (Å²) in [7, 11) is -1.46. The Morgan fingerprint density at radius 2 is 1.55 bits per heavy atom. The van der Waals surface area contributed by atoms with Crippen LogP contribution in [-0.4, -0.2) is 18.0 Å². The summed E-state index contributed by atoms with van der Waals surface area (Å²) in [5, 5.41) is 2.27. The molecule has 0 saturated heterocycles. The second-order valence-corrected chi connectivity index (χ2v) is 17.6. The molecule has 0 amide bonds. The van der Waals surface area contributed by atoms with Gasteiger partial charge in [-0.3, -0.25) is 0 Å². The first-order chi connectivity index (χ1) is 22.1. The number of nitrogens with zero attached hydrogens (tertiary/aromatic N) is 2. The Bertz CT molecular complexity index is 2140. The maximum absolute atomic E-state index is 14.2. The van der Waals surface area contributed by atoms with Crippen LogP contribution in [0.3, 0.4) is 0 Å². The Morgan fingerprint density at radius 3 is 2.26 bits per heavy atom. The minimum Gasteiger partial charge on any atom is -0.500 e. The molecular weight excluding hydrogens is 783 g/mol. The number of pyridine rings is 2. The average Bonchev–Trinajstić information content (AvgIpc) is 3.44. The summed E-state index contributed by atoms with van der Waals surface area (Å²) >= 11 is 0. The SMILES string of the molecule is CC(C)c1ccnc(-c2[c-]ccc3c2oc2cc(F)cc(F)c23)c1.C[Si](C)(C)c1cnc(-c2[c-]cccc2)cc1-c1ccccc1.[Ir]. The van der Waals surface area contributed by atoms with E-state index in [2.05, 4.69) is 99.3 Å². The van der Waals surface area contributed by atoms with Crippen LogP contribution < -0.4 is 5.19 Å². The Labute approximate surface area is 289 Å². The van der Waals surface area contributed by atoms with Gasteiger partial charge in [-0.1, -0.05) is 92.5 Å². The van der Waals surface area contributed by atoms with Gasteiger partial charge in [-0.2, -0.15) is 0 Å². The molecule has 4 aromatic carbocycles. The van der Waals surface area contributed by atoms with Crippen molar-refractivity contribution in [3.05, 3.63) is 139 Å². The molecule has 0 fully saturated rings. The molecule has 0 spiro atoms. The number of hydrogen-bond acceptors (Lipinski definition) is 3. The van der Waals surface area contributed by atoms with Gasteiger partial charge in [0, 0.05) is 50.0 Å². The van der Waals surface area contributed by atoms with Crippen molar-refractivity contribution in [1.82, 2.24) is 9.97 Å². The summed E-state index contributed by atoms with van der Waals surface area (Å²) in [6.07, 6.45) is 3.81. The zero-order chi connectivity index (χ0) is 32.4. The van der Waals surface area contributed by atoms with Gasteiger partial charge in [0.2, 0.25) is 0 Å². The fourth-order valence-corrected chi connectivity index (χ4v) is 7.01. The molecule has 0 unspecified atom stereocenters. The van der Waals surface area contributed by atoms with E-state index in [0.29, 0.717) is 28.1 Å². The number of rotatable bonds is 5. The second-order valence-electron chi connectivity index (χ2n) is 12.6. The molecule has 239 valence electrons. The minimum atomic E-state index is -1.46. The number of hydrogen-bond donors (Lipinski definition) is 0. The van der Waals surface area contributed by atoms with E-state index in [1.54, 1.807) is 18.3 Å². The van der Waals surface area contributed by atoms with Crippen LogP contribution in [0.15, 0.2) is 114 Å². The standard InChI is InChI=1S/C20H14F2NO.C20H20NSi.Ir/c1-11(2)12-6-7-23-17(8-12)14-4-3-5-15-19-16(22)9-13(21)10-18(19)24-20(14)15;1-22(2,3)20-15-21-19(17-12-8-5-9-13-17)14-18(20)16-10-6-4-7-11-16;/h3,5-11H,1-2H3;4-12,14-15H,1-3H3;/q2*-1;. The predicted molar refractivity (Wildman–Crippen MR) is 187 cm³/mol. The summed E-state index contributed by atoms with van der Waals surface area (Å²) in [5.74, 6) is -0.942. The van der Waals surface area contributed by atoms with E-state index in [0.717, 1.165) is 22.9 Å². The number of aromatic nitrogens is 2. The second kappa shape index (κ2) is 14.2. The Hall–Kier alpha value is -4.29. The normalized spacial score (nSPS) is 11.3. The van der Waals surface area contributed by atoms with Crippen molar-refractivity contribution in [1.29, 1.82) is 0 Å². The van der Waals surface area contributed by atoms with Gasteiger partial charge in [-0.05, 0) is 39.7 Å². The van der Waals surface area contributed by atoms with E-state index in [4.69, 9.17) is 9.40 Å². The van der Waals surface area contributed by atoms with Gasteiger partial charge in [0.05, 0.1) is 13.7 Å². The van der Waals surface area contributed by atoms with Crippen molar-refractivity contribution in [2.45, 2.75) is 39.4 Å². The van der Waals surface area contributed by atoms with Crippen LogP contribution in [0.4, 0.5) is 8.78 Å². The van der Waals surface area contributed by atoms with Gasteiger partial charge in [0.1, 0.15) is 17.2 Å². The molecule has 7 heteroatoms. The summed E-state index contributed by atoms with van der Waals surface area (Å²) in [4.78, 5) is 9.10. The van der Waals surface area contributed by atoms with Crippen LogP contribution in [0.2, 0.25) is 19.6 Å². The number of fused-ring (bicyclic) bond motifs is 3. The van der Waals surface area contributed by atoms with E-state index >= 15 is 0 Å². The molecule has 7 rings (SSSR count). The van der Waals surface area contributed by atoms with Gasteiger partial charge >= 0.3 is 0 Å². The number of furan rings is 1. The quantitative estimate of drug-likeness (QED) is 0.128. The third-order valence-electron chi connectivity index (χ3n) is 7.94. The molecule has 0 atom stereocenters. The summed E-state index contributed by atoms with van der Waals surface area (Å²) in [6.45, 7) is 11.3. The van der Waals surface area contributed by atoms with Crippen molar-refractivity contribution in [3.63, 3.8) is 0 Å². The van der Waals surface area contributed by atoms with Crippen molar-refractivity contribution in [2.24, 2.45) is 0 Å². The van der Waals surface area contributed by atoms with Crippen molar-refractivity contribution >= 4 is 35.2 Å². The van der Waals surface area contributed by atoms with E-state index in [9.17, 15) is 8.78 Å². The van der Waals surface area contributed by atoms with Gasteiger partial charge in [0.25, 0.3) is 0 Å². The summed E-state index contributed by atoms with van der Waals surface area (Å²) < 4.78 is 33.4. The van der Waals surface area contributed by atoms with E-state index < -0.39 is 19.7 Å². The Kier molecular flexibility index (Phi) is 10.3. The fourth-order valence-electron chi connectivity index (χ4n) is 5.53. The van der Waals surface area contributed by atoms with Gasteiger partial charge in [-0.25, -0.2) is 8.78 Å². The topological polar surface area (TPSA) is 38.9 Å². The number of benzene rings is 4.